The van der Waals surface area contributed by atoms with Gasteiger partial charge in [-0.05, 0) is 133 Å². The number of carbonyl (C=O) groups is 3. The topological polar surface area (TPSA) is 173 Å². The van der Waals surface area contributed by atoms with E-state index in [1.807, 2.05) is 40.8 Å². The first-order valence-corrected chi connectivity index (χ1v) is 32.6. The molecule has 0 aliphatic carbocycles. The van der Waals surface area contributed by atoms with Crippen LogP contribution in [-0.4, -0.2) is 62.4 Å². The van der Waals surface area contributed by atoms with Crippen LogP contribution in [0.25, 0.3) is 46.6 Å². The minimum absolute atomic E-state index is 0. The van der Waals surface area contributed by atoms with Gasteiger partial charge in [-0.15, -0.1) is 34.2 Å². The van der Waals surface area contributed by atoms with Gasteiger partial charge in [0.15, 0.2) is 23.3 Å². The van der Waals surface area contributed by atoms with E-state index < -0.39 is 41.2 Å². The Hall–Kier alpha value is -7.14. The van der Waals surface area contributed by atoms with Crippen LogP contribution >= 0.6 is 65.2 Å². The van der Waals surface area contributed by atoms with Gasteiger partial charge in [0.25, 0.3) is 0 Å². The van der Waals surface area contributed by atoms with E-state index in [4.69, 9.17) is 9.47 Å². The molecule has 0 atom stereocenters. The number of aromatic nitrogens is 9. The molecule has 27 heteroatoms. The van der Waals surface area contributed by atoms with Crippen molar-refractivity contribution < 1.29 is 80.6 Å². The fraction of sp³-hybridized carbons (Fsp3) is 0.121. The third kappa shape index (κ3) is 25.2. The van der Waals surface area contributed by atoms with Gasteiger partial charge in [-0.2, -0.15) is 44.6 Å². The van der Waals surface area contributed by atoms with Crippen LogP contribution in [-0.2, 0) is 32.9 Å². The second-order valence-corrected chi connectivity index (χ2v) is 22.2. The average Bonchev–Trinajstić information content (AvgIpc) is 4.38. The minimum atomic E-state index is -4.45. The number of halogens is 13. The van der Waals surface area contributed by atoms with E-state index in [1.54, 1.807) is 85.5 Å². The van der Waals surface area contributed by atoms with Gasteiger partial charge in [0.05, 0.1) is 16.7 Å². The van der Waals surface area contributed by atoms with Crippen molar-refractivity contribution in [2.45, 2.75) is 46.2 Å². The predicted molar refractivity (Wildman–Crippen MR) is 325 cm³/mol. The largest absolute Gasteiger partial charge is 0.423 e. The van der Waals surface area contributed by atoms with Crippen LogP contribution in [0.2, 0.25) is 0 Å². The number of carbonyl (C=O) groups excluding carboxylic acids is 3. The molecule has 14 nitrogen and oxygen atoms in total. The molecule has 85 heavy (non-hydrogen) atoms. The van der Waals surface area contributed by atoms with Gasteiger partial charge in [-0.3, -0.25) is 9.89 Å². The Kier molecular flexibility index (Phi) is 28.2. The number of esters is 2. The van der Waals surface area contributed by atoms with Gasteiger partial charge in [-0.1, -0.05) is 59.0 Å². The van der Waals surface area contributed by atoms with E-state index in [0.717, 1.165) is 42.5 Å². The normalized spacial score (nSPS) is 11.2. The molecule has 0 spiro atoms. The Labute approximate surface area is 531 Å². The van der Waals surface area contributed by atoms with E-state index >= 15 is 0 Å². The quantitative estimate of drug-likeness (QED) is 0.0429. The van der Waals surface area contributed by atoms with E-state index in [-0.39, 0.29) is 75.7 Å². The predicted octanol–water partition coefficient (Wildman–Crippen LogP) is 12.9. The van der Waals surface area contributed by atoms with Crippen molar-refractivity contribution in [2.24, 2.45) is 0 Å². The molecule has 1 N–H and O–H groups in total. The van der Waals surface area contributed by atoms with Crippen molar-refractivity contribution in [3.05, 3.63) is 224 Å². The number of hydrogen-bond acceptors (Lipinski definition) is 11. The Morgan fingerprint density at radius 2 is 0.929 bits per heavy atom. The standard InChI is InChI=1S/C19H14F3N3O2.C14H12F3N3O.C10H8F3N3.C9H7IO2.C6H5I2.HI/c1-13-9-14(11-15(10-13)19(20,21)22)18-23-12-25(24-18)8-7-17(26)27-16-5-3-2-4-6-16;1-9-5-11(7-12(6-9)14(15,16)17)13-18-8-20(19-13)4-3-10(2)21;1-6-2-7(9-14-5-15-16-9)4-8(3-6)10(11,12)13;10-7-6-9(11)12-8-4-2-1-3-5-8;7-8-6-4-2-1-3-5-6;/h2-12H,1H3;3-8H,1-2H3;2-5H,1H3,(H,14,15,16);1-7H;1-5H;1H/q;;;;-1;/b8-7-;4-3+;;7-6-;;. The smallest absolute Gasteiger partial charge is 0.336 e. The summed E-state index contributed by atoms with van der Waals surface area (Å²) in [6, 6.07) is 39.1. The number of hydrogen-bond donors (Lipinski definition) is 1. The molecular weight excluding hydrogens is 1580 g/mol. The molecule has 0 bridgehead atoms. The molecule has 0 unspecified atom stereocenters. The van der Waals surface area contributed by atoms with E-state index in [2.05, 4.69) is 84.3 Å². The summed E-state index contributed by atoms with van der Waals surface area (Å²) in [7, 11) is 0. The summed E-state index contributed by atoms with van der Waals surface area (Å²) in [6.07, 6.45) is -2.86. The van der Waals surface area contributed by atoms with Crippen LogP contribution in [0.1, 0.15) is 40.3 Å². The van der Waals surface area contributed by atoms with Crippen LogP contribution in [0, 0.1) is 24.3 Å². The van der Waals surface area contributed by atoms with Crippen LogP contribution in [0.5, 0.6) is 11.5 Å². The van der Waals surface area contributed by atoms with Gasteiger partial charge in [0, 0.05) is 41.2 Å². The number of ketones is 1. The average molecular weight is 1630 g/mol. The van der Waals surface area contributed by atoms with Crippen molar-refractivity contribution in [2.75, 3.05) is 0 Å². The monoisotopic (exact) mass is 1630 g/mol. The maximum Gasteiger partial charge on any atom is 0.336 e. The molecule has 0 aliphatic rings. The van der Waals surface area contributed by atoms with Crippen molar-refractivity contribution >= 4 is 95.3 Å². The number of benzene rings is 6. The molecule has 0 radical (unpaired) electrons. The number of aryl methyl sites for hydroxylation is 3. The van der Waals surface area contributed by atoms with Crippen LogP contribution in [0.3, 0.4) is 0 Å². The molecule has 6 aromatic carbocycles. The molecule has 9 rings (SSSR count). The molecule has 3 heterocycles. The third-order valence-electron chi connectivity index (χ3n) is 10.2. The molecule has 9 aromatic rings. The zero-order valence-electron chi connectivity index (χ0n) is 44.6. The first-order chi connectivity index (χ1) is 39.8. The summed E-state index contributed by atoms with van der Waals surface area (Å²) in [5, 5.41) is 14.2. The zero-order valence-corrected chi connectivity index (χ0v) is 53.4. The van der Waals surface area contributed by atoms with Crippen molar-refractivity contribution in [1.29, 1.82) is 0 Å². The van der Waals surface area contributed by atoms with Gasteiger partial charge in [0.2, 0.25) is 0 Å². The molecular formula is C58H47F9I4N9O5-. The molecule has 0 amide bonds. The number of ether oxygens (including phenoxy) is 2. The van der Waals surface area contributed by atoms with Gasteiger partial charge >= 0.3 is 100 Å². The van der Waals surface area contributed by atoms with Gasteiger partial charge in [0.1, 0.15) is 30.5 Å². The Bertz CT molecular complexity index is 3660. The zero-order chi connectivity index (χ0) is 61.5. The Morgan fingerprint density at radius 3 is 1.29 bits per heavy atom. The Balaban J connectivity index is 0.000000239. The van der Waals surface area contributed by atoms with E-state index in [1.165, 1.54) is 63.4 Å². The summed E-state index contributed by atoms with van der Waals surface area (Å²) in [4.78, 5) is 45.2. The van der Waals surface area contributed by atoms with Crippen LogP contribution in [0.15, 0.2) is 187 Å². The fourth-order valence-corrected chi connectivity index (χ4v) is 9.45. The number of para-hydroxylation sites is 2. The number of rotatable bonds is 11. The van der Waals surface area contributed by atoms with Crippen molar-refractivity contribution in [1.82, 2.24) is 44.7 Å². The maximum absolute atomic E-state index is 12.9. The van der Waals surface area contributed by atoms with E-state index in [9.17, 15) is 53.9 Å². The summed E-state index contributed by atoms with van der Waals surface area (Å²) in [5.41, 5.74) is 0.140. The van der Waals surface area contributed by atoms with Crippen LogP contribution < -0.4 is 26.7 Å². The second-order valence-electron chi connectivity index (χ2n) is 17.1. The van der Waals surface area contributed by atoms with E-state index in [0.29, 0.717) is 39.6 Å². The number of alkyl halides is 9. The number of nitrogens with zero attached hydrogens (tertiary/aromatic N) is 8. The first-order valence-electron chi connectivity index (χ1n) is 24.0. The second kappa shape index (κ2) is 34.1. The molecule has 0 aliphatic heterocycles. The third-order valence-corrected chi connectivity index (χ3v) is 14.9. The molecule has 3 aromatic heterocycles. The summed E-state index contributed by atoms with van der Waals surface area (Å²) < 4.78 is 130. The van der Waals surface area contributed by atoms with Crippen molar-refractivity contribution in [3.8, 4) is 45.7 Å². The summed E-state index contributed by atoms with van der Waals surface area (Å²) in [5.74, 6) is 0.436. The molecule has 446 valence electrons. The van der Waals surface area contributed by atoms with Crippen LogP contribution in [0.4, 0.5) is 39.5 Å². The van der Waals surface area contributed by atoms with Gasteiger partial charge in [-0.25, -0.2) is 33.9 Å². The van der Waals surface area contributed by atoms with Crippen molar-refractivity contribution in [3.63, 3.8) is 0 Å². The Morgan fingerprint density at radius 1 is 0.541 bits per heavy atom. The summed E-state index contributed by atoms with van der Waals surface area (Å²) >= 11 is 4.71. The molecule has 0 fully saturated rings. The number of nitrogens with one attached hydrogen (secondary N) is 1. The minimum Gasteiger partial charge on any atom is -0.423 e. The molecule has 0 saturated carbocycles. The summed E-state index contributed by atoms with van der Waals surface area (Å²) in [6.45, 7) is 6.13. The number of allylic oxidation sites excluding steroid dienone is 1. The number of aromatic amines is 1. The SMILES string of the molecule is CC(=O)/C=C/n1cnc(-c2cc(C)cc(C(F)(F)F)c2)n1.Cc1cc(-c2ncn(/C=C\C(=O)Oc3ccccc3)n2)cc(C(F)(F)F)c1.Cc1cc(-c2ncn[nH]2)cc(C(F)(F)F)c1.I.I[I-]c1ccccc1.O=C(/C=C\I)Oc1ccccc1. The van der Waals surface area contributed by atoms with Gasteiger partial charge < -0.3 is 9.47 Å². The first kappa shape index (κ1) is 70.3. The number of H-pyrrole nitrogens is 1. The maximum atomic E-state index is 12.9. The fourth-order valence-electron chi connectivity index (χ4n) is 6.65. The molecule has 0 saturated heterocycles.